The van der Waals surface area contributed by atoms with Gasteiger partial charge in [0, 0.05) is 25.5 Å². The van der Waals surface area contributed by atoms with Gasteiger partial charge >= 0.3 is 0 Å². The van der Waals surface area contributed by atoms with Crippen LogP contribution in [0.15, 0.2) is 78.5 Å². The zero-order valence-electron chi connectivity index (χ0n) is 19.1. The van der Waals surface area contributed by atoms with Crippen molar-refractivity contribution in [3.8, 4) is 0 Å². The Labute approximate surface area is 193 Å². The van der Waals surface area contributed by atoms with E-state index in [-0.39, 0.29) is 11.3 Å². The van der Waals surface area contributed by atoms with Gasteiger partial charge in [0.2, 0.25) is 0 Å². The number of benzene rings is 3. The van der Waals surface area contributed by atoms with Crippen molar-refractivity contribution in [1.29, 1.82) is 0 Å². The molecule has 0 radical (unpaired) electrons. The molecule has 0 bridgehead atoms. The van der Waals surface area contributed by atoms with Gasteiger partial charge < -0.3 is 10.2 Å². The third-order valence-electron chi connectivity index (χ3n) is 5.69. The van der Waals surface area contributed by atoms with Crippen LogP contribution in [-0.4, -0.2) is 25.9 Å². The molecule has 4 rings (SSSR count). The first-order valence-corrected chi connectivity index (χ1v) is 10.8. The normalized spacial score (nSPS) is 13.8. The summed E-state index contributed by atoms with van der Waals surface area (Å²) in [6, 6.07) is 20.5. The van der Waals surface area contributed by atoms with Gasteiger partial charge in [-0.1, -0.05) is 38.1 Å². The van der Waals surface area contributed by atoms with E-state index in [2.05, 4.69) is 19.2 Å². The van der Waals surface area contributed by atoms with E-state index in [1.165, 1.54) is 29.8 Å². The standard InChI is InChI=1S/C27H26FN3O2/c1-17(2)18-7-11-21(12-8-18)29-25-24(19-5-9-20(28)10-6-19)26(32)31(27(25)33)23-15-13-22(14-16-23)30(3)4/h5-17,29H,1-4H3. The molecule has 3 aromatic rings. The van der Waals surface area contributed by atoms with Crippen molar-refractivity contribution < 1.29 is 14.0 Å². The monoisotopic (exact) mass is 443 g/mol. The lowest BCUT2D eigenvalue weighted by atomic mass is 10.0. The Hall–Kier alpha value is -3.93. The van der Waals surface area contributed by atoms with Crippen molar-refractivity contribution in [2.45, 2.75) is 19.8 Å². The zero-order valence-corrected chi connectivity index (χ0v) is 19.1. The molecule has 33 heavy (non-hydrogen) atoms. The number of rotatable bonds is 6. The molecule has 0 aliphatic carbocycles. The molecule has 0 unspecified atom stereocenters. The number of hydrogen-bond donors (Lipinski definition) is 1. The Kier molecular flexibility index (Phi) is 6.01. The lowest BCUT2D eigenvalue weighted by Crippen LogP contribution is -2.32. The average molecular weight is 444 g/mol. The van der Waals surface area contributed by atoms with Crippen LogP contribution >= 0.6 is 0 Å². The van der Waals surface area contributed by atoms with Gasteiger partial charge in [0.1, 0.15) is 11.5 Å². The maximum Gasteiger partial charge on any atom is 0.282 e. The van der Waals surface area contributed by atoms with Crippen molar-refractivity contribution in [2.75, 3.05) is 29.2 Å². The third-order valence-corrected chi connectivity index (χ3v) is 5.69. The van der Waals surface area contributed by atoms with E-state index in [0.717, 1.165) is 10.6 Å². The minimum absolute atomic E-state index is 0.167. The molecule has 6 heteroatoms. The molecule has 5 nitrogen and oxygen atoms in total. The summed E-state index contributed by atoms with van der Waals surface area (Å²) < 4.78 is 13.5. The Balaban J connectivity index is 1.75. The van der Waals surface area contributed by atoms with Gasteiger partial charge in [0.05, 0.1) is 11.3 Å². The first-order chi connectivity index (χ1) is 15.8. The highest BCUT2D eigenvalue weighted by Crippen LogP contribution is 2.34. The van der Waals surface area contributed by atoms with Crippen molar-refractivity contribution >= 4 is 34.4 Å². The molecule has 1 aliphatic heterocycles. The summed E-state index contributed by atoms with van der Waals surface area (Å²) in [5, 5.41) is 3.15. The summed E-state index contributed by atoms with van der Waals surface area (Å²) in [4.78, 5) is 30.0. The second-order valence-electron chi connectivity index (χ2n) is 8.52. The largest absolute Gasteiger partial charge is 0.378 e. The minimum atomic E-state index is -0.454. The minimum Gasteiger partial charge on any atom is -0.378 e. The Morgan fingerprint density at radius 1 is 0.818 bits per heavy atom. The number of carbonyl (C=O) groups is 2. The molecule has 0 saturated heterocycles. The number of halogens is 1. The highest BCUT2D eigenvalue weighted by atomic mass is 19.1. The molecule has 0 fully saturated rings. The van der Waals surface area contributed by atoms with Gasteiger partial charge in [0.25, 0.3) is 11.8 Å². The molecular formula is C27H26FN3O2. The van der Waals surface area contributed by atoms with Gasteiger partial charge in [-0.15, -0.1) is 0 Å². The van der Waals surface area contributed by atoms with Gasteiger partial charge in [-0.2, -0.15) is 0 Å². The first-order valence-electron chi connectivity index (χ1n) is 10.8. The molecule has 1 N–H and O–H groups in total. The predicted octanol–water partition coefficient (Wildman–Crippen LogP) is 5.41. The number of imide groups is 1. The average Bonchev–Trinajstić information content (AvgIpc) is 3.04. The number of anilines is 3. The van der Waals surface area contributed by atoms with E-state index >= 15 is 0 Å². The summed E-state index contributed by atoms with van der Waals surface area (Å²) in [5.74, 6) is -0.940. The van der Waals surface area contributed by atoms with Crippen LogP contribution in [0.2, 0.25) is 0 Å². The molecule has 1 aliphatic rings. The Bertz CT molecular complexity index is 1210. The third kappa shape index (κ3) is 4.37. The van der Waals surface area contributed by atoms with E-state index in [9.17, 15) is 14.0 Å². The van der Waals surface area contributed by atoms with E-state index in [1.54, 1.807) is 12.1 Å². The fraction of sp³-hybridized carbons (Fsp3) is 0.185. The molecule has 0 aromatic heterocycles. The fourth-order valence-electron chi connectivity index (χ4n) is 3.76. The molecule has 0 saturated carbocycles. The van der Waals surface area contributed by atoms with Crippen molar-refractivity contribution in [2.24, 2.45) is 0 Å². The summed E-state index contributed by atoms with van der Waals surface area (Å²) in [5.41, 5.74) is 4.15. The molecule has 0 spiro atoms. The molecule has 168 valence electrons. The molecule has 0 atom stereocenters. The van der Waals surface area contributed by atoms with Crippen LogP contribution in [0, 0.1) is 5.82 Å². The van der Waals surface area contributed by atoms with Crippen molar-refractivity contribution in [3.05, 3.63) is 95.4 Å². The van der Waals surface area contributed by atoms with Crippen molar-refractivity contribution in [1.82, 2.24) is 0 Å². The summed E-state index contributed by atoms with van der Waals surface area (Å²) >= 11 is 0. The maximum atomic E-state index is 13.5. The highest BCUT2D eigenvalue weighted by Gasteiger charge is 2.40. The van der Waals surface area contributed by atoms with Crippen LogP contribution in [0.3, 0.4) is 0 Å². The predicted molar refractivity (Wildman–Crippen MR) is 131 cm³/mol. The Morgan fingerprint density at radius 2 is 1.42 bits per heavy atom. The lowest BCUT2D eigenvalue weighted by Gasteiger charge is -2.18. The Morgan fingerprint density at radius 3 is 1.97 bits per heavy atom. The summed E-state index contributed by atoms with van der Waals surface area (Å²) in [6.07, 6.45) is 0. The number of carbonyl (C=O) groups excluding carboxylic acids is 2. The van der Waals surface area contributed by atoms with Crippen molar-refractivity contribution in [3.63, 3.8) is 0 Å². The van der Waals surface area contributed by atoms with Gasteiger partial charge in [-0.05, 0) is 65.6 Å². The number of nitrogens with zero attached hydrogens (tertiary/aromatic N) is 2. The van der Waals surface area contributed by atoms with Crippen LogP contribution in [0.25, 0.3) is 5.57 Å². The van der Waals surface area contributed by atoms with Crippen LogP contribution in [-0.2, 0) is 9.59 Å². The van der Waals surface area contributed by atoms with E-state index in [4.69, 9.17) is 0 Å². The second-order valence-corrected chi connectivity index (χ2v) is 8.52. The number of nitrogens with one attached hydrogen (secondary N) is 1. The van der Waals surface area contributed by atoms with Gasteiger partial charge in [-0.25, -0.2) is 9.29 Å². The molecule has 3 aromatic carbocycles. The van der Waals surface area contributed by atoms with Crippen LogP contribution < -0.4 is 15.1 Å². The molecule has 2 amide bonds. The SMILES string of the molecule is CC(C)c1ccc(NC2=C(c3ccc(F)cc3)C(=O)N(c3ccc(N(C)C)cc3)C2=O)cc1. The summed E-state index contributed by atoms with van der Waals surface area (Å²) in [6.45, 7) is 4.21. The first kappa shape index (κ1) is 22.3. The lowest BCUT2D eigenvalue weighted by molar-refractivity contribution is -0.120. The fourth-order valence-corrected chi connectivity index (χ4v) is 3.76. The van der Waals surface area contributed by atoms with Gasteiger partial charge in [-0.3, -0.25) is 9.59 Å². The second kappa shape index (κ2) is 8.90. The van der Waals surface area contributed by atoms with Crippen LogP contribution in [0.5, 0.6) is 0 Å². The van der Waals surface area contributed by atoms with Crippen LogP contribution in [0.1, 0.15) is 30.9 Å². The summed E-state index contributed by atoms with van der Waals surface area (Å²) in [7, 11) is 3.84. The molecular weight excluding hydrogens is 417 g/mol. The zero-order chi connectivity index (χ0) is 23.7. The van der Waals surface area contributed by atoms with Crippen LogP contribution in [0.4, 0.5) is 21.5 Å². The quantitative estimate of drug-likeness (QED) is 0.518. The van der Waals surface area contributed by atoms with E-state index in [0.29, 0.717) is 22.9 Å². The van der Waals surface area contributed by atoms with Gasteiger partial charge in [0.15, 0.2) is 0 Å². The van der Waals surface area contributed by atoms with E-state index < -0.39 is 17.6 Å². The highest BCUT2D eigenvalue weighted by molar-refractivity contribution is 6.46. The number of amides is 2. The smallest absolute Gasteiger partial charge is 0.282 e. The number of hydrogen-bond acceptors (Lipinski definition) is 4. The molecule has 1 heterocycles. The van der Waals surface area contributed by atoms with E-state index in [1.807, 2.05) is 55.4 Å². The topological polar surface area (TPSA) is 52.7 Å². The maximum absolute atomic E-state index is 13.5.